The number of methoxy groups -OCH3 is 1. The molecule has 0 heterocycles. The summed E-state index contributed by atoms with van der Waals surface area (Å²) in [4.78, 5) is 11.2. The average Bonchev–Trinajstić information content (AvgIpc) is 2.15. The second-order valence-corrected chi connectivity index (χ2v) is 3.06. The predicted molar refractivity (Wildman–Crippen MR) is 52.8 cm³/mol. The van der Waals surface area contributed by atoms with Gasteiger partial charge in [0.2, 0.25) is 0 Å². The molecular weight excluding hydrogens is 188 g/mol. The highest BCUT2D eigenvalue weighted by Gasteiger charge is 2.06. The summed E-state index contributed by atoms with van der Waals surface area (Å²) in [5.41, 5.74) is 1.60. The SMILES string of the molecule is COc1cc(C)cc(C(=O)CCl)c1. The summed E-state index contributed by atoms with van der Waals surface area (Å²) >= 11 is 5.44. The van der Waals surface area contributed by atoms with E-state index >= 15 is 0 Å². The predicted octanol–water partition coefficient (Wildman–Crippen LogP) is 2.43. The second-order valence-electron chi connectivity index (χ2n) is 2.80. The maximum Gasteiger partial charge on any atom is 0.177 e. The summed E-state index contributed by atoms with van der Waals surface area (Å²) in [7, 11) is 1.57. The standard InChI is InChI=1S/C10H11ClO2/c1-7-3-8(10(12)6-11)5-9(4-7)13-2/h3-5H,6H2,1-2H3. The Kier molecular flexibility index (Phi) is 3.32. The number of halogens is 1. The van der Waals surface area contributed by atoms with E-state index in [9.17, 15) is 4.79 Å². The van der Waals surface area contributed by atoms with Gasteiger partial charge in [0, 0.05) is 5.56 Å². The number of aryl methyl sites for hydroxylation is 1. The first-order chi connectivity index (χ1) is 6.17. The van der Waals surface area contributed by atoms with Crippen LogP contribution < -0.4 is 4.74 Å². The number of carbonyl (C=O) groups excluding carboxylic acids is 1. The first kappa shape index (κ1) is 10.1. The molecule has 0 atom stereocenters. The molecule has 0 aliphatic rings. The third-order valence-corrected chi connectivity index (χ3v) is 1.97. The van der Waals surface area contributed by atoms with E-state index in [1.165, 1.54) is 0 Å². The van der Waals surface area contributed by atoms with E-state index in [-0.39, 0.29) is 11.7 Å². The molecule has 0 unspecified atom stereocenters. The van der Waals surface area contributed by atoms with Gasteiger partial charge in [0.05, 0.1) is 13.0 Å². The van der Waals surface area contributed by atoms with Crippen molar-refractivity contribution in [2.75, 3.05) is 13.0 Å². The molecule has 0 radical (unpaired) electrons. The summed E-state index contributed by atoms with van der Waals surface area (Å²) in [5, 5.41) is 0. The molecule has 13 heavy (non-hydrogen) atoms. The number of Topliss-reactive ketones (excluding diaryl/α,β-unsaturated/α-hetero) is 1. The highest BCUT2D eigenvalue weighted by Crippen LogP contribution is 2.16. The van der Waals surface area contributed by atoms with E-state index in [0.717, 1.165) is 5.56 Å². The fourth-order valence-electron chi connectivity index (χ4n) is 1.10. The number of rotatable bonds is 3. The van der Waals surface area contributed by atoms with E-state index in [2.05, 4.69) is 0 Å². The van der Waals surface area contributed by atoms with Crippen LogP contribution in [0, 0.1) is 6.92 Å². The van der Waals surface area contributed by atoms with Crippen LogP contribution in [0.1, 0.15) is 15.9 Å². The Morgan fingerprint density at radius 2 is 2.15 bits per heavy atom. The number of ether oxygens (including phenoxy) is 1. The van der Waals surface area contributed by atoms with E-state index < -0.39 is 0 Å². The Morgan fingerprint density at radius 1 is 1.46 bits per heavy atom. The molecule has 0 aliphatic carbocycles. The van der Waals surface area contributed by atoms with Crippen molar-refractivity contribution < 1.29 is 9.53 Å². The number of ketones is 1. The van der Waals surface area contributed by atoms with Crippen LogP contribution in [-0.2, 0) is 0 Å². The van der Waals surface area contributed by atoms with E-state index in [0.29, 0.717) is 11.3 Å². The lowest BCUT2D eigenvalue weighted by atomic mass is 10.1. The van der Waals surface area contributed by atoms with Crippen molar-refractivity contribution in [3.8, 4) is 5.75 Å². The molecule has 70 valence electrons. The molecular formula is C10H11ClO2. The Morgan fingerprint density at radius 3 is 2.69 bits per heavy atom. The molecule has 0 saturated carbocycles. The number of carbonyl (C=O) groups is 1. The van der Waals surface area contributed by atoms with Gasteiger partial charge >= 0.3 is 0 Å². The minimum Gasteiger partial charge on any atom is -0.497 e. The van der Waals surface area contributed by atoms with E-state index in [1.54, 1.807) is 19.2 Å². The lowest BCUT2D eigenvalue weighted by Gasteiger charge is -2.04. The smallest absolute Gasteiger partial charge is 0.177 e. The molecule has 2 nitrogen and oxygen atoms in total. The van der Waals surface area contributed by atoms with Crippen molar-refractivity contribution in [3.05, 3.63) is 29.3 Å². The largest absolute Gasteiger partial charge is 0.497 e. The zero-order valence-electron chi connectivity index (χ0n) is 7.63. The zero-order valence-corrected chi connectivity index (χ0v) is 8.39. The van der Waals surface area contributed by atoms with Crippen molar-refractivity contribution >= 4 is 17.4 Å². The van der Waals surface area contributed by atoms with Crippen molar-refractivity contribution in [2.24, 2.45) is 0 Å². The van der Waals surface area contributed by atoms with E-state index in [1.807, 2.05) is 13.0 Å². The fraction of sp³-hybridized carbons (Fsp3) is 0.300. The van der Waals surface area contributed by atoms with Gasteiger partial charge in [-0.1, -0.05) is 0 Å². The van der Waals surface area contributed by atoms with Crippen LogP contribution in [0.15, 0.2) is 18.2 Å². The Hall–Kier alpha value is -1.02. The van der Waals surface area contributed by atoms with Gasteiger partial charge in [-0.05, 0) is 30.7 Å². The van der Waals surface area contributed by atoms with Crippen LogP contribution in [0.25, 0.3) is 0 Å². The molecule has 0 saturated heterocycles. The number of hydrogen-bond donors (Lipinski definition) is 0. The van der Waals surface area contributed by atoms with Crippen molar-refractivity contribution in [1.29, 1.82) is 0 Å². The van der Waals surface area contributed by atoms with Gasteiger partial charge in [0.15, 0.2) is 5.78 Å². The van der Waals surface area contributed by atoms with Crippen LogP contribution in [-0.4, -0.2) is 18.8 Å². The molecule has 0 spiro atoms. The highest BCUT2D eigenvalue weighted by atomic mass is 35.5. The molecule has 0 aromatic heterocycles. The Bertz CT molecular complexity index is 321. The summed E-state index contributed by atoms with van der Waals surface area (Å²) < 4.78 is 5.04. The van der Waals surface area contributed by atoms with Crippen molar-refractivity contribution in [3.63, 3.8) is 0 Å². The van der Waals surface area contributed by atoms with Gasteiger partial charge < -0.3 is 4.74 Å². The third-order valence-electron chi connectivity index (χ3n) is 1.73. The van der Waals surface area contributed by atoms with Gasteiger partial charge in [-0.3, -0.25) is 4.79 Å². The molecule has 1 aromatic carbocycles. The molecule has 0 aliphatic heterocycles. The van der Waals surface area contributed by atoms with Gasteiger partial charge in [-0.2, -0.15) is 0 Å². The molecule has 0 bridgehead atoms. The summed E-state index contributed by atoms with van der Waals surface area (Å²) in [5.74, 6) is 0.615. The molecule has 0 amide bonds. The minimum atomic E-state index is -0.0799. The maximum absolute atomic E-state index is 11.2. The van der Waals surface area contributed by atoms with Crippen LogP contribution in [0.4, 0.5) is 0 Å². The van der Waals surface area contributed by atoms with Gasteiger partial charge in [-0.15, -0.1) is 11.6 Å². The topological polar surface area (TPSA) is 26.3 Å². The first-order valence-electron chi connectivity index (χ1n) is 3.92. The fourth-order valence-corrected chi connectivity index (χ4v) is 1.26. The van der Waals surface area contributed by atoms with Crippen molar-refractivity contribution in [2.45, 2.75) is 6.92 Å². The molecule has 0 N–H and O–H groups in total. The normalized spacial score (nSPS) is 9.77. The monoisotopic (exact) mass is 198 g/mol. The van der Waals surface area contributed by atoms with Crippen LogP contribution in [0.5, 0.6) is 5.75 Å². The van der Waals surface area contributed by atoms with Gasteiger partial charge in [0.1, 0.15) is 5.75 Å². The summed E-state index contributed by atoms with van der Waals surface area (Å²) in [6.45, 7) is 1.91. The number of hydrogen-bond acceptors (Lipinski definition) is 2. The number of benzene rings is 1. The second kappa shape index (κ2) is 4.28. The quantitative estimate of drug-likeness (QED) is 0.551. The minimum absolute atomic E-state index is 0.00656. The Labute approximate surface area is 82.5 Å². The van der Waals surface area contributed by atoms with E-state index in [4.69, 9.17) is 16.3 Å². The molecule has 1 rings (SSSR count). The van der Waals surface area contributed by atoms with Crippen LogP contribution >= 0.6 is 11.6 Å². The van der Waals surface area contributed by atoms with Crippen molar-refractivity contribution in [1.82, 2.24) is 0 Å². The third kappa shape index (κ3) is 2.46. The average molecular weight is 199 g/mol. The maximum atomic E-state index is 11.2. The first-order valence-corrected chi connectivity index (χ1v) is 4.45. The highest BCUT2D eigenvalue weighted by molar-refractivity contribution is 6.30. The Balaban J connectivity index is 3.08. The summed E-state index contributed by atoms with van der Waals surface area (Å²) in [6.07, 6.45) is 0. The molecule has 0 fully saturated rings. The number of alkyl halides is 1. The molecule has 3 heteroatoms. The van der Waals surface area contributed by atoms with Crippen LogP contribution in [0.3, 0.4) is 0 Å². The lowest BCUT2D eigenvalue weighted by Crippen LogP contribution is -2.01. The summed E-state index contributed by atoms with van der Waals surface area (Å²) in [6, 6.07) is 5.36. The van der Waals surface area contributed by atoms with Gasteiger partial charge in [-0.25, -0.2) is 0 Å². The van der Waals surface area contributed by atoms with Crippen LogP contribution in [0.2, 0.25) is 0 Å². The van der Waals surface area contributed by atoms with Gasteiger partial charge in [0.25, 0.3) is 0 Å². The zero-order chi connectivity index (χ0) is 9.84. The lowest BCUT2D eigenvalue weighted by molar-refractivity contribution is 0.102. The molecule has 1 aromatic rings.